The second-order valence-electron chi connectivity index (χ2n) is 5.36. The van der Waals surface area contributed by atoms with Crippen molar-refractivity contribution < 1.29 is 17.6 Å². The van der Waals surface area contributed by atoms with Gasteiger partial charge in [0.05, 0.1) is 12.1 Å². The number of nitrogens with one attached hydrogen (secondary N) is 1. The minimum Gasteiger partial charge on any atom is -0.313 e. The van der Waals surface area contributed by atoms with E-state index in [0.717, 1.165) is 6.20 Å². The van der Waals surface area contributed by atoms with Gasteiger partial charge in [-0.25, -0.2) is 4.39 Å². The first-order valence-corrected chi connectivity index (χ1v) is 6.76. The molecule has 1 aliphatic rings. The summed E-state index contributed by atoms with van der Waals surface area (Å²) >= 11 is 0. The fraction of sp³-hybridized carbons (Fsp3) is 0.643. The van der Waals surface area contributed by atoms with E-state index in [2.05, 4.69) is 10.3 Å². The minimum atomic E-state index is -4.10. The standard InChI is InChI=1S/C14H18F4N2/c1-19-13(10-6-12(15)8-20-7-10)9-2-4-11(5-3-9)14(16,17)18/h6-9,11,13,19H,2-5H2,1H3. The zero-order chi connectivity index (χ0) is 14.8. The van der Waals surface area contributed by atoms with E-state index in [-0.39, 0.29) is 24.8 Å². The highest BCUT2D eigenvalue weighted by molar-refractivity contribution is 5.16. The van der Waals surface area contributed by atoms with Gasteiger partial charge in [-0.1, -0.05) is 0 Å². The molecule has 6 heteroatoms. The summed E-state index contributed by atoms with van der Waals surface area (Å²) in [5.41, 5.74) is 0.697. The molecule has 2 rings (SSSR count). The first-order chi connectivity index (χ1) is 9.41. The van der Waals surface area contributed by atoms with Crippen LogP contribution in [0.2, 0.25) is 0 Å². The molecule has 0 saturated heterocycles. The Morgan fingerprint density at radius 1 is 1.20 bits per heavy atom. The number of nitrogens with zero attached hydrogens (tertiary/aromatic N) is 1. The lowest BCUT2D eigenvalue weighted by molar-refractivity contribution is -0.184. The van der Waals surface area contributed by atoms with Gasteiger partial charge in [0.15, 0.2) is 0 Å². The molecule has 112 valence electrons. The SMILES string of the molecule is CNC(c1cncc(F)c1)C1CCC(C(F)(F)F)CC1. The molecular formula is C14H18F4N2. The van der Waals surface area contributed by atoms with Crippen molar-refractivity contribution in [2.45, 2.75) is 37.9 Å². The van der Waals surface area contributed by atoms with Gasteiger partial charge in [-0.3, -0.25) is 4.98 Å². The summed E-state index contributed by atoms with van der Waals surface area (Å²) < 4.78 is 51.2. The molecule has 20 heavy (non-hydrogen) atoms. The van der Waals surface area contributed by atoms with Crippen molar-refractivity contribution in [3.05, 3.63) is 29.8 Å². The molecule has 0 aromatic carbocycles. The molecule has 0 bridgehead atoms. The highest BCUT2D eigenvalue weighted by Gasteiger charge is 2.42. The van der Waals surface area contributed by atoms with Gasteiger partial charge in [0, 0.05) is 12.2 Å². The molecule has 1 fully saturated rings. The predicted molar refractivity (Wildman–Crippen MR) is 67.5 cm³/mol. The van der Waals surface area contributed by atoms with E-state index < -0.39 is 17.9 Å². The Kier molecular flexibility index (Phi) is 4.62. The molecule has 1 saturated carbocycles. The first-order valence-electron chi connectivity index (χ1n) is 6.76. The van der Waals surface area contributed by atoms with Gasteiger partial charge in [-0.05, 0) is 50.3 Å². The third kappa shape index (κ3) is 3.48. The average Bonchev–Trinajstić information content (AvgIpc) is 2.39. The molecule has 1 unspecified atom stereocenters. The molecule has 0 amide bonds. The molecule has 1 atom stereocenters. The van der Waals surface area contributed by atoms with Crippen molar-refractivity contribution in [3.63, 3.8) is 0 Å². The number of alkyl halides is 3. The number of hydrogen-bond donors (Lipinski definition) is 1. The van der Waals surface area contributed by atoms with Crippen LogP contribution in [-0.2, 0) is 0 Å². The maximum Gasteiger partial charge on any atom is 0.391 e. The maximum absolute atomic E-state index is 13.2. The lowest BCUT2D eigenvalue weighted by Gasteiger charge is -2.34. The average molecular weight is 290 g/mol. The van der Waals surface area contributed by atoms with Crippen LogP contribution in [0.3, 0.4) is 0 Å². The number of aromatic nitrogens is 1. The molecule has 1 aromatic rings. The third-order valence-electron chi connectivity index (χ3n) is 4.10. The predicted octanol–water partition coefficient (Wildman–Crippen LogP) is 3.85. The number of rotatable bonds is 3. The lowest BCUT2D eigenvalue weighted by Crippen LogP contribution is -2.33. The van der Waals surface area contributed by atoms with Crippen LogP contribution in [-0.4, -0.2) is 18.2 Å². The van der Waals surface area contributed by atoms with E-state index in [0.29, 0.717) is 18.4 Å². The summed E-state index contributed by atoms with van der Waals surface area (Å²) in [6.45, 7) is 0. The molecular weight excluding hydrogens is 272 g/mol. The Morgan fingerprint density at radius 3 is 2.35 bits per heavy atom. The Balaban J connectivity index is 2.04. The van der Waals surface area contributed by atoms with Gasteiger partial charge in [0.25, 0.3) is 0 Å². The van der Waals surface area contributed by atoms with Crippen molar-refractivity contribution in [2.75, 3.05) is 7.05 Å². The van der Waals surface area contributed by atoms with Crippen LogP contribution in [0.15, 0.2) is 18.5 Å². The summed E-state index contributed by atoms with van der Waals surface area (Å²) in [5, 5.41) is 3.08. The summed E-state index contributed by atoms with van der Waals surface area (Å²) in [6.07, 6.45) is -0.125. The summed E-state index contributed by atoms with van der Waals surface area (Å²) in [5.74, 6) is -1.53. The molecule has 1 heterocycles. The van der Waals surface area contributed by atoms with Crippen molar-refractivity contribution in [1.82, 2.24) is 10.3 Å². The zero-order valence-electron chi connectivity index (χ0n) is 11.3. The van der Waals surface area contributed by atoms with Crippen LogP contribution < -0.4 is 5.32 Å². The Morgan fingerprint density at radius 2 is 1.85 bits per heavy atom. The van der Waals surface area contributed by atoms with E-state index >= 15 is 0 Å². The molecule has 1 aliphatic carbocycles. The van der Waals surface area contributed by atoms with E-state index in [1.165, 1.54) is 6.07 Å². The van der Waals surface area contributed by atoms with Crippen molar-refractivity contribution in [2.24, 2.45) is 11.8 Å². The fourth-order valence-corrected chi connectivity index (χ4v) is 3.05. The van der Waals surface area contributed by atoms with Crippen molar-refractivity contribution in [3.8, 4) is 0 Å². The Labute approximate surface area is 115 Å². The normalized spacial score (nSPS) is 25.4. The number of hydrogen-bond acceptors (Lipinski definition) is 2. The number of pyridine rings is 1. The van der Waals surface area contributed by atoms with Gasteiger partial charge in [0.1, 0.15) is 5.82 Å². The highest BCUT2D eigenvalue weighted by Crippen LogP contribution is 2.43. The van der Waals surface area contributed by atoms with E-state index in [9.17, 15) is 17.6 Å². The second-order valence-corrected chi connectivity index (χ2v) is 5.36. The monoisotopic (exact) mass is 290 g/mol. The first kappa shape index (κ1) is 15.2. The topological polar surface area (TPSA) is 24.9 Å². The summed E-state index contributed by atoms with van der Waals surface area (Å²) in [4.78, 5) is 3.81. The number of halogens is 4. The fourth-order valence-electron chi connectivity index (χ4n) is 3.05. The molecule has 1 N–H and O–H groups in total. The molecule has 1 aromatic heterocycles. The molecule has 0 spiro atoms. The van der Waals surface area contributed by atoms with Crippen LogP contribution in [0.25, 0.3) is 0 Å². The van der Waals surface area contributed by atoms with Crippen LogP contribution in [0.4, 0.5) is 17.6 Å². The van der Waals surface area contributed by atoms with Gasteiger partial charge >= 0.3 is 6.18 Å². The summed E-state index contributed by atoms with van der Waals surface area (Å²) in [7, 11) is 1.74. The third-order valence-corrected chi connectivity index (χ3v) is 4.10. The van der Waals surface area contributed by atoms with E-state index in [1.54, 1.807) is 13.2 Å². The van der Waals surface area contributed by atoms with Gasteiger partial charge in [-0.2, -0.15) is 13.2 Å². The second kappa shape index (κ2) is 6.08. The van der Waals surface area contributed by atoms with Crippen molar-refractivity contribution >= 4 is 0 Å². The van der Waals surface area contributed by atoms with Crippen LogP contribution >= 0.6 is 0 Å². The van der Waals surface area contributed by atoms with Gasteiger partial charge in [-0.15, -0.1) is 0 Å². The van der Waals surface area contributed by atoms with Crippen LogP contribution in [0, 0.1) is 17.7 Å². The van der Waals surface area contributed by atoms with Gasteiger partial charge < -0.3 is 5.32 Å². The Bertz CT molecular complexity index is 439. The van der Waals surface area contributed by atoms with Crippen molar-refractivity contribution in [1.29, 1.82) is 0 Å². The summed E-state index contributed by atoms with van der Waals surface area (Å²) in [6, 6.07) is 1.25. The maximum atomic E-state index is 13.2. The lowest BCUT2D eigenvalue weighted by atomic mass is 9.76. The Hall–Kier alpha value is -1.17. The van der Waals surface area contributed by atoms with E-state index in [1.807, 2.05) is 0 Å². The van der Waals surface area contributed by atoms with Gasteiger partial charge in [0.2, 0.25) is 0 Å². The zero-order valence-corrected chi connectivity index (χ0v) is 11.3. The largest absolute Gasteiger partial charge is 0.391 e. The molecule has 2 nitrogen and oxygen atoms in total. The van der Waals surface area contributed by atoms with Crippen LogP contribution in [0.1, 0.15) is 37.3 Å². The van der Waals surface area contributed by atoms with Crippen LogP contribution in [0.5, 0.6) is 0 Å². The van der Waals surface area contributed by atoms with E-state index in [4.69, 9.17) is 0 Å². The minimum absolute atomic E-state index is 0.0854. The highest BCUT2D eigenvalue weighted by atomic mass is 19.4. The quantitative estimate of drug-likeness (QED) is 0.855. The smallest absolute Gasteiger partial charge is 0.313 e. The molecule has 0 radical (unpaired) electrons. The molecule has 0 aliphatic heterocycles.